The predicted octanol–water partition coefficient (Wildman–Crippen LogP) is 2.07. The number of aliphatic carboxylic acids is 2. The van der Waals surface area contributed by atoms with Gasteiger partial charge in [0.1, 0.15) is 11.6 Å². The standard InChI is InChI=1S/C18H23NO8S/c1-18(2,3)27-17(25)19-14(11-7-5-4-6-8-11)15(16(23)24)26-13(22)10-28-9-12(20)21/h4-8,14-15H,9-10H2,1-3H3,(H,19,25)(H,20,21)(H,23,24). The van der Waals surface area contributed by atoms with Crippen molar-refractivity contribution in [2.45, 2.75) is 38.5 Å². The molecular weight excluding hydrogens is 390 g/mol. The van der Waals surface area contributed by atoms with Crippen molar-refractivity contribution in [2.75, 3.05) is 11.5 Å². The number of hydrogen-bond donors (Lipinski definition) is 3. The minimum atomic E-state index is -1.73. The van der Waals surface area contributed by atoms with Crippen LogP contribution in [0.3, 0.4) is 0 Å². The molecule has 0 radical (unpaired) electrons. The number of alkyl carbamates (subject to hydrolysis) is 1. The second-order valence-corrected chi connectivity index (χ2v) is 7.66. The number of amides is 1. The van der Waals surface area contributed by atoms with Crippen LogP contribution in [0.5, 0.6) is 0 Å². The van der Waals surface area contributed by atoms with Gasteiger partial charge in [0.05, 0.1) is 11.5 Å². The molecule has 0 aliphatic rings. The van der Waals surface area contributed by atoms with E-state index in [9.17, 15) is 24.3 Å². The first kappa shape index (κ1) is 23.3. The van der Waals surface area contributed by atoms with Crippen LogP contribution >= 0.6 is 11.8 Å². The van der Waals surface area contributed by atoms with Gasteiger partial charge in [0.15, 0.2) is 0 Å². The smallest absolute Gasteiger partial charge is 0.408 e. The molecule has 1 aromatic rings. The van der Waals surface area contributed by atoms with Gasteiger partial charge in [0, 0.05) is 0 Å². The van der Waals surface area contributed by atoms with Crippen molar-refractivity contribution in [2.24, 2.45) is 0 Å². The van der Waals surface area contributed by atoms with E-state index in [1.807, 2.05) is 0 Å². The van der Waals surface area contributed by atoms with Crippen molar-refractivity contribution in [3.8, 4) is 0 Å². The Balaban J connectivity index is 2.99. The highest BCUT2D eigenvalue weighted by molar-refractivity contribution is 8.00. The molecule has 28 heavy (non-hydrogen) atoms. The quantitative estimate of drug-likeness (QED) is 0.519. The number of thioether (sulfide) groups is 1. The highest BCUT2D eigenvalue weighted by Gasteiger charge is 2.35. The fourth-order valence-corrected chi connectivity index (χ4v) is 2.60. The summed E-state index contributed by atoms with van der Waals surface area (Å²) in [6, 6.07) is 6.93. The highest BCUT2D eigenvalue weighted by atomic mass is 32.2. The second kappa shape index (κ2) is 10.5. The number of carboxylic acids is 2. The first-order valence-corrected chi connectivity index (χ1v) is 9.41. The van der Waals surface area contributed by atoms with Crippen LogP contribution in [0, 0.1) is 0 Å². The van der Waals surface area contributed by atoms with Crippen molar-refractivity contribution < 1.29 is 38.9 Å². The van der Waals surface area contributed by atoms with E-state index in [2.05, 4.69) is 5.32 Å². The summed E-state index contributed by atoms with van der Waals surface area (Å²) in [7, 11) is 0. The topological polar surface area (TPSA) is 139 Å². The summed E-state index contributed by atoms with van der Waals surface area (Å²) < 4.78 is 10.2. The minimum absolute atomic E-state index is 0.328. The Morgan fingerprint density at radius 3 is 2.18 bits per heavy atom. The van der Waals surface area contributed by atoms with Gasteiger partial charge in [-0.15, -0.1) is 11.8 Å². The summed E-state index contributed by atoms with van der Waals surface area (Å²) in [6.45, 7) is 4.95. The van der Waals surface area contributed by atoms with E-state index in [1.165, 1.54) is 0 Å². The summed E-state index contributed by atoms with van der Waals surface area (Å²) in [5.74, 6) is -4.16. The third kappa shape index (κ3) is 8.76. The highest BCUT2D eigenvalue weighted by Crippen LogP contribution is 2.21. The van der Waals surface area contributed by atoms with Crippen LogP contribution in [-0.4, -0.2) is 57.4 Å². The van der Waals surface area contributed by atoms with Gasteiger partial charge in [-0.05, 0) is 26.3 Å². The van der Waals surface area contributed by atoms with Crippen LogP contribution in [0.25, 0.3) is 0 Å². The maximum Gasteiger partial charge on any atom is 0.408 e. The molecule has 1 aromatic carbocycles. The van der Waals surface area contributed by atoms with Crippen LogP contribution in [0.15, 0.2) is 30.3 Å². The fourth-order valence-electron chi connectivity index (χ4n) is 2.09. The number of hydrogen-bond acceptors (Lipinski definition) is 7. The van der Waals surface area contributed by atoms with E-state index < -0.39 is 41.7 Å². The summed E-state index contributed by atoms with van der Waals surface area (Å²) in [5, 5.41) is 20.6. The SMILES string of the molecule is CC(C)(C)OC(=O)NC(c1ccccc1)C(OC(=O)CSCC(=O)O)C(=O)O. The zero-order valence-corrected chi connectivity index (χ0v) is 16.5. The van der Waals surface area contributed by atoms with Crippen LogP contribution in [0.4, 0.5) is 4.79 Å². The third-order valence-corrected chi connectivity index (χ3v) is 3.97. The molecule has 0 aliphatic heterocycles. The number of esters is 1. The molecule has 0 fully saturated rings. The fraction of sp³-hybridized carbons (Fsp3) is 0.444. The Kier molecular flexibility index (Phi) is 8.77. The molecule has 10 heteroatoms. The van der Waals surface area contributed by atoms with Gasteiger partial charge in [-0.3, -0.25) is 9.59 Å². The van der Waals surface area contributed by atoms with E-state index in [0.717, 1.165) is 11.8 Å². The molecule has 2 unspecified atom stereocenters. The molecule has 0 aromatic heterocycles. The van der Waals surface area contributed by atoms with Gasteiger partial charge >= 0.3 is 24.0 Å². The van der Waals surface area contributed by atoms with Crippen LogP contribution in [0.2, 0.25) is 0 Å². The third-order valence-electron chi connectivity index (χ3n) is 3.08. The molecule has 9 nitrogen and oxygen atoms in total. The van der Waals surface area contributed by atoms with Gasteiger partial charge in [-0.25, -0.2) is 9.59 Å². The van der Waals surface area contributed by atoms with Gasteiger partial charge in [-0.2, -0.15) is 0 Å². The number of carboxylic acid groups (broad SMARTS) is 2. The molecule has 154 valence electrons. The summed E-state index contributed by atoms with van der Waals surface area (Å²) in [6.07, 6.45) is -2.60. The Morgan fingerprint density at radius 2 is 1.68 bits per heavy atom. The molecule has 3 N–H and O–H groups in total. The molecule has 0 aliphatic carbocycles. The van der Waals surface area contributed by atoms with Gasteiger partial charge in [0.2, 0.25) is 6.10 Å². The lowest BCUT2D eigenvalue weighted by Crippen LogP contribution is -2.44. The Labute approximate surface area is 166 Å². The largest absolute Gasteiger partial charge is 0.481 e. The van der Waals surface area contributed by atoms with Gasteiger partial charge in [-0.1, -0.05) is 30.3 Å². The lowest BCUT2D eigenvalue weighted by atomic mass is 10.0. The van der Waals surface area contributed by atoms with Crippen LogP contribution in [0.1, 0.15) is 32.4 Å². The number of carbonyl (C=O) groups is 4. The predicted molar refractivity (Wildman–Crippen MR) is 101 cm³/mol. The maximum atomic E-state index is 12.2. The zero-order chi connectivity index (χ0) is 21.3. The van der Waals surface area contributed by atoms with E-state index >= 15 is 0 Å². The average Bonchev–Trinajstić information content (AvgIpc) is 2.56. The number of ether oxygens (including phenoxy) is 2. The van der Waals surface area contributed by atoms with E-state index in [1.54, 1.807) is 51.1 Å². The molecule has 1 amide bonds. The molecular formula is C18H23NO8S. The molecule has 0 bridgehead atoms. The number of rotatable bonds is 9. The molecule has 0 saturated heterocycles. The first-order valence-electron chi connectivity index (χ1n) is 8.26. The molecule has 2 atom stereocenters. The van der Waals surface area contributed by atoms with Crippen LogP contribution < -0.4 is 5.32 Å². The van der Waals surface area contributed by atoms with Gasteiger partial charge in [0.25, 0.3) is 0 Å². The Bertz CT molecular complexity index is 701. The normalized spacial score (nSPS) is 13.1. The summed E-state index contributed by atoms with van der Waals surface area (Å²) >= 11 is 0.773. The number of benzene rings is 1. The van der Waals surface area contributed by atoms with Gasteiger partial charge < -0.3 is 25.0 Å². The van der Waals surface area contributed by atoms with E-state index in [4.69, 9.17) is 14.6 Å². The van der Waals surface area contributed by atoms with Crippen molar-refractivity contribution in [3.05, 3.63) is 35.9 Å². The Morgan fingerprint density at radius 1 is 1.07 bits per heavy atom. The monoisotopic (exact) mass is 413 g/mol. The van der Waals surface area contributed by atoms with Crippen molar-refractivity contribution in [1.82, 2.24) is 5.32 Å². The molecule has 0 spiro atoms. The van der Waals surface area contributed by atoms with E-state index in [0.29, 0.717) is 5.56 Å². The minimum Gasteiger partial charge on any atom is -0.481 e. The summed E-state index contributed by atoms with van der Waals surface area (Å²) in [4.78, 5) is 46.4. The maximum absolute atomic E-state index is 12.2. The van der Waals surface area contributed by atoms with Crippen LogP contribution in [-0.2, 0) is 23.9 Å². The Hall–Kier alpha value is -2.75. The molecule has 1 rings (SSSR count). The lowest BCUT2D eigenvalue weighted by Gasteiger charge is -2.27. The average molecular weight is 413 g/mol. The molecule has 0 heterocycles. The second-order valence-electron chi connectivity index (χ2n) is 6.67. The lowest BCUT2D eigenvalue weighted by molar-refractivity contribution is -0.164. The van der Waals surface area contributed by atoms with E-state index in [-0.39, 0.29) is 11.5 Å². The molecule has 0 saturated carbocycles. The summed E-state index contributed by atoms with van der Waals surface area (Å²) in [5.41, 5.74) is -0.416. The first-order chi connectivity index (χ1) is 13.0. The number of carbonyl (C=O) groups excluding carboxylic acids is 2. The zero-order valence-electron chi connectivity index (χ0n) is 15.7. The van der Waals surface area contributed by atoms with Crippen molar-refractivity contribution in [1.29, 1.82) is 0 Å². The number of nitrogens with one attached hydrogen (secondary N) is 1. The van der Waals surface area contributed by atoms with Crippen molar-refractivity contribution in [3.63, 3.8) is 0 Å². The van der Waals surface area contributed by atoms with Crippen molar-refractivity contribution >= 4 is 35.8 Å².